The number of hydrogen-bond donors (Lipinski definition) is 2. The topological polar surface area (TPSA) is 45.1 Å². The molecule has 3 aromatic rings. The number of halogens is 1. The molecule has 7 heteroatoms. The zero-order valence-corrected chi connectivity index (χ0v) is 19.0. The van der Waals surface area contributed by atoms with Crippen LogP contribution in [0, 0.1) is 11.7 Å². The molecule has 3 aliphatic heterocycles. The molecule has 4 heterocycles. The molecule has 3 aliphatic rings. The Hall–Kier alpha value is -2.77. The molecule has 0 aliphatic carbocycles. The highest BCUT2D eigenvalue weighted by atomic mass is 32.1. The third-order valence-electron chi connectivity index (χ3n) is 6.84. The summed E-state index contributed by atoms with van der Waals surface area (Å²) in [4.78, 5) is 2.59. The van der Waals surface area contributed by atoms with Gasteiger partial charge in [-0.05, 0) is 80.0 Å². The average Bonchev–Trinajstić information content (AvgIpc) is 3.20. The van der Waals surface area contributed by atoms with E-state index in [0.29, 0.717) is 23.0 Å². The minimum absolute atomic E-state index is 0.222. The van der Waals surface area contributed by atoms with E-state index in [2.05, 4.69) is 21.6 Å². The highest BCUT2D eigenvalue weighted by molar-refractivity contribution is 7.80. The van der Waals surface area contributed by atoms with Gasteiger partial charge in [-0.15, -0.1) is 0 Å². The van der Waals surface area contributed by atoms with E-state index >= 15 is 0 Å². The van der Waals surface area contributed by atoms with Crippen LogP contribution in [0.2, 0.25) is 0 Å². The van der Waals surface area contributed by atoms with Gasteiger partial charge >= 0.3 is 0 Å². The third kappa shape index (κ3) is 4.40. The van der Waals surface area contributed by atoms with E-state index in [1.807, 2.05) is 42.1 Å². The molecule has 2 N–H and O–H groups in total. The lowest BCUT2D eigenvalue weighted by Crippen LogP contribution is -2.56. The van der Waals surface area contributed by atoms with Crippen LogP contribution in [0.15, 0.2) is 60.7 Å². The summed E-state index contributed by atoms with van der Waals surface area (Å²) < 4.78 is 15.3. The van der Waals surface area contributed by atoms with Gasteiger partial charge in [0, 0.05) is 49.0 Å². The Morgan fingerprint density at radius 2 is 1.94 bits per heavy atom. The molecule has 32 heavy (non-hydrogen) atoms. The van der Waals surface area contributed by atoms with Crippen LogP contribution in [0.1, 0.15) is 24.5 Å². The van der Waals surface area contributed by atoms with Crippen LogP contribution in [0.3, 0.4) is 0 Å². The number of rotatable bonds is 5. The molecule has 0 amide bonds. The van der Waals surface area contributed by atoms with Gasteiger partial charge < -0.3 is 10.6 Å². The van der Waals surface area contributed by atoms with Crippen LogP contribution < -0.4 is 10.6 Å². The second-order valence-electron chi connectivity index (χ2n) is 8.83. The maximum absolute atomic E-state index is 13.3. The average molecular weight is 450 g/mol. The van der Waals surface area contributed by atoms with Gasteiger partial charge in [-0.1, -0.05) is 18.2 Å². The first-order chi connectivity index (χ1) is 15.6. The molecule has 6 rings (SSSR count). The van der Waals surface area contributed by atoms with Crippen LogP contribution >= 0.6 is 12.2 Å². The van der Waals surface area contributed by atoms with Gasteiger partial charge in [0.1, 0.15) is 5.82 Å². The summed E-state index contributed by atoms with van der Waals surface area (Å²) in [5.41, 5.74) is 4.14. The van der Waals surface area contributed by atoms with Crippen LogP contribution in [-0.4, -0.2) is 45.5 Å². The fourth-order valence-corrected chi connectivity index (χ4v) is 5.38. The predicted molar refractivity (Wildman–Crippen MR) is 130 cm³/mol. The van der Waals surface area contributed by atoms with E-state index in [1.165, 1.54) is 24.2 Å². The molecule has 3 saturated heterocycles. The molecule has 1 aromatic heterocycles. The lowest BCUT2D eigenvalue weighted by Gasteiger charge is -2.50. The molecule has 4 atom stereocenters. The first kappa shape index (κ1) is 21.1. The second-order valence-corrected chi connectivity index (χ2v) is 9.23. The van der Waals surface area contributed by atoms with Crippen LogP contribution in [0.4, 0.5) is 10.1 Å². The van der Waals surface area contributed by atoms with Crippen molar-refractivity contribution in [2.45, 2.75) is 24.8 Å². The highest BCUT2D eigenvalue weighted by Gasteiger charge is 2.41. The maximum atomic E-state index is 13.3. The van der Waals surface area contributed by atoms with Gasteiger partial charge in [0.15, 0.2) is 5.11 Å². The van der Waals surface area contributed by atoms with Crippen molar-refractivity contribution in [1.29, 1.82) is 0 Å². The Morgan fingerprint density at radius 1 is 1.16 bits per heavy atom. The van der Waals surface area contributed by atoms with Crippen molar-refractivity contribution < 1.29 is 4.39 Å². The normalized spacial score (nSPS) is 24.3. The van der Waals surface area contributed by atoms with Gasteiger partial charge in [0.05, 0.1) is 5.69 Å². The Morgan fingerprint density at radius 3 is 2.66 bits per heavy atom. The SMILES string of the molecule is Cn1nc(-c2ccc(F)cc2)cc1[C@@H]1CN2CC[C@H]1C[C@@H]2CNC(=S)Nc1ccccc1. The van der Waals surface area contributed by atoms with Crippen molar-refractivity contribution in [2.24, 2.45) is 13.0 Å². The fraction of sp³-hybridized carbons (Fsp3) is 0.360. The zero-order chi connectivity index (χ0) is 22.1. The lowest BCUT2D eigenvalue weighted by molar-refractivity contribution is 0.0303. The Kier molecular flexibility index (Phi) is 5.93. The van der Waals surface area contributed by atoms with E-state index in [1.54, 1.807) is 12.1 Å². The van der Waals surface area contributed by atoms with Gasteiger partial charge in [0.2, 0.25) is 0 Å². The molecule has 0 spiro atoms. The highest BCUT2D eigenvalue weighted by Crippen LogP contribution is 2.42. The van der Waals surface area contributed by atoms with Crippen molar-refractivity contribution in [2.75, 3.05) is 25.0 Å². The van der Waals surface area contributed by atoms with Gasteiger partial charge in [-0.2, -0.15) is 5.10 Å². The largest absolute Gasteiger partial charge is 0.361 e. The van der Waals surface area contributed by atoms with Crippen LogP contribution in [0.25, 0.3) is 11.3 Å². The van der Waals surface area contributed by atoms with Crippen molar-refractivity contribution in [3.8, 4) is 11.3 Å². The number of para-hydroxylation sites is 1. The number of aryl methyl sites for hydroxylation is 1. The van der Waals surface area contributed by atoms with Crippen molar-refractivity contribution >= 4 is 23.0 Å². The van der Waals surface area contributed by atoms with Crippen molar-refractivity contribution in [1.82, 2.24) is 20.0 Å². The first-order valence-corrected chi connectivity index (χ1v) is 11.6. The van der Waals surface area contributed by atoms with E-state index in [4.69, 9.17) is 17.3 Å². The molecule has 0 radical (unpaired) electrons. The van der Waals surface area contributed by atoms with Crippen molar-refractivity contribution in [3.63, 3.8) is 0 Å². The Bertz CT molecular complexity index is 1080. The first-order valence-electron chi connectivity index (χ1n) is 11.2. The van der Waals surface area contributed by atoms with E-state index in [9.17, 15) is 4.39 Å². The Balaban J connectivity index is 1.22. The standard InChI is InChI=1S/C25H28FN5S/c1-30-24(14-23(29-30)17-7-9-19(26)10-8-17)22-16-31-12-11-18(22)13-21(31)15-27-25(32)28-20-5-3-2-4-6-20/h2-10,14,18,21-22H,11-13,15-16H2,1H3,(H2,27,28,32)/t18-,21+,22+/m0/s1. The predicted octanol–water partition coefficient (Wildman–Crippen LogP) is 4.39. The van der Waals surface area contributed by atoms with E-state index in [0.717, 1.165) is 43.0 Å². The maximum Gasteiger partial charge on any atom is 0.170 e. The number of nitrogens with one attached hydrogen (secondary N) is 2. The molecule has 2 aromatic carbocycles. The van der Waals surface area contributed by atoms with Gasteiger partial charge in [0.25, 0.3) is 0 Å². The lowest BCUT2D eigenvalue weighted by atomic mass is 9.74. The number of thiocarbonyl (C=S) groups is 1. The number of nitrogens with zero attached hydrogens (tertiary/aromatic N) is 3. The molecule has 0 saturated carbocycles. The second kappa shape index (κ2) is 9.00. The molecular weight excluding hydrogens is 421 g/mol. The number of hydrogen-bond acceptors (Lipinski definition) is 3. The van der Waals surface area contributed by atoms with Crippen LogP contribution in [-0.2, 0) is 7.05 Å². The Labute approximate surface area is 193 Å². The monoisotopic (exact) mass is 449 g/mol. The summed E-state index contributed by atoms with van der Waals surface area (Å²) in [7, 11) is 2.02. The van der Waals surface area contributed by atoms with Crippen molar-refractivity contribution in [3.05, 3.63) is 72.2 Å². The molecule has 1 unspecified atom stereocenters. The number of anilines is 1. The van der Waals surface area contributed by atoms with E-state index < -0.39 is 0 Å². The molecule has 2 bridgehead atoms. The molecule has 5 nitrogen and oxygen atoms in total. The summed E-state index contributed by atoms with van der Waals surface area (Å²) >= 11 is 5.49. The van der Waals surface area contributed by atoms with Gasteiger partial charge in [-0.3, -0.25) is 9.58 Å². The molecule has 166 valence electrons. The minimum Gasteiger partial charge on any atom is -0.361 e. The number of benzene rings is 2. The van der Waals surface area contributed by atoms with E-state index in [-0.39, 0.29) is 5.82 Å². The van der Waals surface area contributed by atoms with Crippen LogP contribution in [0.5, 0.6) is 0 Å². The van der Waals surface area contributed by atoms with Gasteiger partial charge in [-0.25, -0.2) is 4.39 Å². The number of aromatic nitrogens is 2. The smallest absolute Gasteiger partial charge is 0.170 e. The summed E-state index contributed by atoms with van der Waals surface area (Å²) in [6.45, 7) is 3.03. The summed E-state index contributed by atoms with van der Waals surface area (Å²) in [6, 6.07) is 19.3. The molecule has 3 fully saturated rings. The minimum atomic E-state index is -0.222. The fourth-order valence-electron chi connectivity index (χ4n) is 5.18. The summed E-state index contributed by atoms with van der Waals surface area (Å²) in [5.74, 6) is 0.889. The molecular formula is C25H28FN5S. The summed E-state index contributed by atoms with van der Waals surface area (Å²) in [5, 5.41) is 12.1. The number of piperidine rings is 3. The zero-order valence-electron chi connectivity index (χ0n) is 18.2. The quantitative estimate of drug-likeness (QED) is 0.566. The summed E-state index contributed by atoms with van der Waals surface area (Å²) in [6.07, 6.45) is 2.37. The third-order valence-corrected chi connectivity index (χ3v) is 7.09. The number of fused-ring (bicyclic) bond motifs is 3.